The molecule has 0 saturated heterocycles. The quantitative estimate of drug-likeness (QED) is 0.0205. The molecule has 0 aliphatic heterocycles. The number of nitrogens with zero attached hydrogens (tertiary/aromatic N) is 1. The molecule has 0 bridgehead atoms. The predicted octanol–water partition coefficient (Wildman–Crippen LogP) is 21.4. The summed E-state index contributed by atoms with van der Waals surface area (Å²) in [6, 6.07) is -0.871. The first-order valence-electron chi connectivity index (χ1n) is 33.9. The number of esters is 1. The van der Waals surface area contributed by atoms with Crippen molar-refractivity contribution in [1.29, 1.82) is 0 Å². The number of unbranched alkanes of at least 4 members (excludes halogenated alkanes) is 26. The van der Waals surface area contributed by atoms with E-state index < -0.39 is 20.0 Å². The summed E-state index contributed by atoms with van der Waals surface area (Å²) < 4.78 is 30.8. The monoisotopic (exact) mass is 1180 g/mol. The number of nitrogens with one attached hydrogen (secondary N) is 1. The van der Waals surface area contributed by atoms with Gasteiger partial charge in [0.05, 0.1) is 33.8 Å². The first-order valence-corrected chi connectivity index (χ1v) is 35.4. The van der Waals surface area contributed by atoms with Crippen molar-refractivity contribution in [2.24, 2.45) is 0 Å². The van der Waals surface area contributed by atoms with Crippen molar-refractivity contribution in [3.63, 3.8) is 0 Å². The predicted molar refractivity (Wildman–Crippen MR) is 360 cm³/mol. The van der Waals surface area contributed by atoms with Gasteiger partial charge in [-0.25, -0.2) is 4.57 Å². The molecule has 0 aromatic rings. The van der Waals surface area contributed by atoms with Gasteiger partial charge in [0.25, 0.3) is 0 Å². The van der Waals surface area contributed by atoms with Crippen molar-refractivity contribution in [3.05, 3.63) is 122 Å². The van der Waals surface area contributed by atoms with E-state index in [0.29, 0.717) is 17.4 Å². The van der Waals surface area contributed by atoms with E-state index in [1.54, 1.807) is 0 Å². The number of quaternary nitrogens is 1. The van der Waals surface area contributed by atoms with Gasteiger partial charge >= 0.3 is 13.8 Å². The van der Waals surface area contributed by atoms with Gasteiger partial charge in [-0.05, 0) is 122 Å². The topological polar surface area (TPSA) is 111 Å². The SMILES string of the molecule is CC/C=C\C/C=C\C/C=C\C/C=C\C/C=C\C/C=C\CCCCCCCCC(=O)NC(COP(=O)(O)OCC[N+](C)(C)C)C(/C=C\CCCCCCCCCCCCC)OC(=O)CCCCCCCC/C=C\C/C=C\C/C=C\CCCCC. The Labute approximate surface area is 512 Å². The lowest BCUT2D eigenvalue weighted by Crippen LogP contribution is -2.47. The summed E-state index contributed by atoms with van der Waals surface area (Å²) in [6.07, 6.45) is 86.2. The van der Waals surface area contributed by atoms with Gasteiger partial charge in [0.15, 0.2) is 0 Å². The van der Waals surface area contributed by atoms with E-state index in [1.165, 1.54) is 96.3 Å². The van der Waals surface area contributed by atoms with Gasteiger partial charge in [0.2, 0.25) is 5.91 Å². The molecule has 0 heterocycles. The zero-order valence-corrected chi connectivity index (χ0v) is 55.3. The lowest BCUT2D eigenvalue weighted by atomic mass is 10.0. The number of carbonyl (C=O) groups is 2. The second-order valence-corrected chi connectivity index (χ2v) is 25.1. The molecule has 0 rings (SSSR count). The third-order valence-electron chi connectivity index (χ3n) is 14.4. The highest BCUT2D eigenvalue weighted by Crippen LogP contribution is 2.43. The van der Waals surface area contributed by atoms with Crippen molar-refractivity contribution in [2.45, 2.75) is 290 Å². The van der Waals surface area contributed by atoms with Crippen molar-refractivity contribution in [1.82, 2.24) is 5.32 Å². The molecule has 0 aliphatic carbocycles. The van der Waals surface area contributed by atoms with Crippen molar-refractivity contribution < 1.29 is 37.3 Å². The molecule has 1 amide bonds. The van der Waals surface area contributed by atoms with Crippen LogP contribution < -0.4 is 5.32 Å². The van der Waals surface area contributed by atoms with E-state index in [1.807, 2.05) is 33.3 Å². The van der Waals surface area contributed by atoms with Crippen LogP contribution in [-0.4, -0.2) is 74.3 Å². The maximum Gasteiger partial charge on any atom is 0.472 e. The van der Waals surface area contributed by atoms with Crippen LogP contribution in [0.5, 0.6) is 0 Å². The Bertz CT molecular complexity index is 1830. The standard InChI is InChI=1S/C73H127N2O7P/c1-7-10-13-16-19-22-25-28-30-32-34-35-36-37-38-39-41-42-44-47-50-53-56-59-62-65-72(76)74-70(69-81-83(78,79)80-68-67-75(4,5)6)71(64-61-58-55-52-49-46-27-24-21-18-15-12-9-3)82-73(77)66-63-60-57-54-51-48-45-43-40-33-31-29-26-23-20-17-14-11-8-2/h10,13,19-20,22-23,28-31,34-35,37-38,40-43,61,64,70-71H,7-9,11-12,14-18,21,24-27,32-33,36,39,44-60,62-63,65-69H2,1-6H3,(H-,74,76,78,79)/p+1/b13-10-,22-19-,23-20-,30-28-,31-29-,35-34-,38-37-,42-41-,43-40-,64-61-. The van der Waals surface area contributed by atoms with Crippen LogP contribution >= 0.6 is 7.82 Å². The summed E-state index contributed by atoms with van der Waals surface area (Å²) >= 11 is 0. The van der Waals surface area contributed by atoms with Gasteiger partial charge in [-0.1, -0.05) is 265 Å². The number of amides is 1. The molecule has 0 spiro atoms. The van der Waals surface area contributed by atoms with Gasteiger partial charge in [-0.2, -0.15) is 0 Å². The molecule has 0 saturated carbocycles. The van der Waals surface area contributed by atoms with E-state index >= 15 is 0 Å². The van der Waals surface area contributed by atoms with Crippen molar-refractivity contribution in [2.75, 3.05) is 40.9 Å². The van der Waals surface area contributed by atoms with Gasteiger partial charge in [0, 0.05) is 12.8 Å². The number of hydrogen-bond donors (Lipinski definition) is 2. The first-order chi connectivity index (χ1) is 40.4. The molecule has 0 aromatic carbocycles. The van der Waals surface area contributed by atoms with Crippen LogP contribution in [0, 0.1) is 0 Å². The fourth-order valence-electron chi connectivity index (χ4n) is 9.19. The maximum absolute atomic E-state index is 13.6. The Morgan fingerprint density at radius 3 is 1.18 bits per heavy atom. The Morgan fingerprint density at radius 2 is 0.771 bits per heavy atom. The normalized spacial score (nSPS) is 14.3. The zero-order chi connectivity index (χ0) is 60.7. The van der Waals surface area contributed by atoms with Crippen LogP contribution in [0.2, 0.25) is 0 Å². The molecule has 2 N–H and O–H groups in total. The average Bonchev–Trinajstić information content (AvgIpc) is 3.46. The number of hydrogen-bond acceptors (Lipinski definition) is 6. The Kier molecular flexibility index (Phi) is 58.8. The summed E-state index contributed by atoms with van der Waals surface area (Å²) in [6.45, 7) is 6.85. The summed E-state index contributed by atoms with van der Waals surface area (Å²) in [5.41, 5.74) is 0. The molecule has 0 aromatic heterocycles. The fourth-order valence-corrected chi connectivity index (χ4v) is 9.92. The number of allylic oxidation sites excluding steroid dienone is 19. The molecule has 83 heavy (non-hydrogen) atoms. The van der Waals surface area contributed by atoms with Gasteiger partial charge in [0.1, 0.15) is 19.3 Å². The van der Waals surface area contributed by atoms with Gasteiger partial charge in [-0.3, -0.25) is 18.6 Å². The van der Waals surface area contributed by atoms with Crippen molar-refractivity contribution in [3.8, 4) is 0 Å². The highest BCUT2D eigenvalue weighted by Gasteiger charge is 2.30. The van der Waals surface area contributed by atoms with Crippen LogP contribution in [0.25, 0.3) is 0 Å². The van der Waals surface area contributed by atoms with E-state index in [4.69, 9.17) is 13.8 Å². The Hall–Kier alpha value is -3.59. The molecular formula is C73H128N2O7P+. The lowest BCUT2D eigenvalue weighted by Gasteiger charge is -2.27. The number of ether oxygens (including phenoxy) is 1. The molecule has 3 atom stereocenters. The number of rotatable bonds is 60. The first kappa shape index (κ1) is 79.4. The summed E-state index contributed by atoms with van der Waals surface area (Å²) in [5, 5.41) is 3.05. The minimum absolute atomic E-state index is 0.0285. The Balaban J connectivity index is 5.25. The third kappa shape index (κ3) is 62.8. The molecule has 0 aliphatic rings. The molecule has 10 heteroatoms. The zero-order valence-electron chi connectivity index (χ0n) is 54.4. The molecule has 0 radical (unpaired) electrons. The third-order valence-corrected chi connectivity index (χ3v) is 15.4. The molecule has 3 unspecified atom stereocenters. The largest absolute Gasteiger partial charge is 0.472 e. The molecule has 476 valence electrons. The number of carbonyl (C=O) groups excluding carboxylic acids is 2. The van der Waals surface area contributed by atoms with E-state index in [9.17, 15) is 19.0 Å². The van der Waals surface area contributed by atoms with E-state index in [2.05, 4.69) is 135 Å². The average molecular weight is 1180 g/mol. The second kappa shape index (κ2) is 61.5. The van der Waals surface area contributed by atoms with Crippen LogP contribution in [-0.2, 0) is 27.9 Å². The lowest BCUT2D eigenvalue weighted by molar-refractivity contribution is -0.870. The molecule has 9 nitrogen and oxygen atoms in total. The minimum Gasteiger partial charge on any atom is -0.456 e. The summed E-state index contributed by atoms with van der Waals surface area (Å²) in [4.78, 5) is 37.9. The minimum atomic E-state index is -4.47. The van der Waals surface area contributed by atoms with E-state index in [-0.39, 0.29) is 31.5 Å². The highest BCUT2D eigenvalue weighted by atomic mass is 31.2. The molecule has 0 fully saturated rings. The van der Waals surface area contributed by atoms with Crippen LogP contribution in [0.3, 0.4) is 0 Å². The number of likely N-dealkylation sites (N-methyl/N-ethyl adjacent to an activating group) is 1. The van der Waals surface area contributed by atoms with Gasteiger partial charge < -0.3 is 19.4 Å². The molecular weight excluding hydrogens is 1050 g/mol. The Morgan fingerprint density at radius 1 is 0.434 bits per heavy atom. The number of phosphoric ester groups is 1. The van der Waals surface area contributed by atoms with E-state index in [0.717, 1.165) is 148 Å². The maximum atomic E-state index is 13.6. The summed E-state index contributed by atoms with van der Waals surface area (Å²) in [5.74, 6) is -0.540. The van der Waals surface area contributed by atoms with Crippen LogP contribution in [0.4, 0.5) is 0 Å². The van der Waals surface area contributed by atoms with Crippen LogP contribution in [0.15, 0.2) is 122 Å². The van der Waals surface area contributed by atoms with Crippen LogP contribution in [0.1, 0.15) is 278 Å². The van der Waals surface area contributed by atoms with Gasteiger partial charge in [-0.15, -0.1) is 0 Å². The smallest absolute Gasteiger partial charge is 0.456 e. The highest BCUT2D eigenvalue weighted by molar-refractivity contribution is 7.47. The van der Waals surface area contributed by atoms with Crippen molar-refractivity contribution >= 4 is 19.7 Å². The number of phosphoric acid groups is 1. The second-order valence-electron chi connectivity index (χ2n) is 23.6. The fraction of sp³-hybridized carbons (Fsp3) is 0.699. The summed E-state index contributed by atoms with van der Waals surface area (Å²) in [7, 11) is 1.46.